The first-order chi connectivity index (χ1) is 13.7. The minimum absolute atomic E-state index is 0.0682. The smallest absolute Gasteiger partial charge is 0.234 e. The molecule has 0 saturated carbocycles. The number of hydrogen-bond acceptors (Lipinski definition) is 4. The number of carbonyl (C=O) groups is 1. The lowest BCUT2D eigenvalue weighted by Gasteiger charge is -2.37. The first-order valence-electron chi connectivity index (χ1n) is 10.4. The van der Waals surface area contributed by atoms with Crippen LogP contribution < -0.4 is 15.4 Å². The van der Waals surface area contributed by atoms with Crippen LogP contribution in [0.3, 0.4) is 0 Å². The zero-order chi connectivity index (χ0) is 21.4. The molecular formula is C22H37N5O2. The van der Waals surface area contributed by atoms with Gasteiger partial charge in [-0.05, 0) is 31.5 Å². The van der Waals surface area contributed by atoms with Gasteiger partial charge in [0, 0.05) is 51.2 Å². The molecule has 0 unspecified atom stereocenters. The molecule has 1 fully saturated rings. The summed E-state index contributed by atoms with van der Waals surface area (Å²) >= 11 is 0. The van der Waals surface area contributed by atoms with Gasteiger partial charge in [-0.25, -0.2) is 0 Å². The van der Waals surface area contributed by atoms with E-state index in [1.807, 2.05) is 33.0 Å². The molecule has 0 bridgehead atoms. The Morgan fingerprint density at radius 2 is 1.93 bits per heavy atom. The van der Waals surface area contributed by atoms with Gasteiger partial charge in [-0.1, -0.05) is 26.0 Å². The average molecular weight is 404 g/mol. The van der Waals surface area contributed by atoms with E-state index < -0.39 is 0 Å². The maximum Gasteiger partial charge on any atom is 0.234 e. The summed E-state index contributed by atoms with van der Waals surface area (Å²) in [5.74, 6) is 1.88. The zero-order valence-electron chi connectivity index (χ0n) is 18.8. The molecule has 0 aliphatic carbocycles. The summed E-state index contributed by atoms with van der Waals surface area (Å²) in [5, 5.41) is 6.49. The van der Waals surface area contributed by atoms with E-state index in [1.54, 1.807) is 7.11 Å². The second-order valence-corrected chi connectivity index (χ2v) is 8.50. The highest BCUT2D eigenvalue weighted by atomic mass is 16.5. The quantitative estimate of drug-likeness (QED) is 0.536. The van der Waals surface area contributed by atoms with Gasteiger partial charge < -0.3 is 20.3 Å². The standard InChI is InChI=1S/C22H37N5O2/c1-17(2)25-20(28)15-26-10-12-27(13-11-26)21(23-5)24-16-22(3,4)18-8-7-9-19(14-18)29-6/h7-9,14,17H,10-13,15-16H2,1-6H3,(H,23,24)(H,25,28). The van der Waals surface area contributed by atoms with E-state index in [-0.39, 0.29) is 17.4 Å². The summed E-state index contributed by atoms with van der Waals surface area (Å²) in [5.41, 5.74) is 1.15. The van der Waals surface area contributed by atoms with Crippen molar-refractivity contribution in [1.82, 2.24) is 20.4 Å². The lowest BCUT2D eigenvalue weighted by atomic mass is 9.84. The van der Waals surface area contributed by atoms with Crippen molar-refractivity contribution in [1.29, 1.82) is 0 Å². The molecule has 29 heavy (non-hydrogen) atoms. The third-order valence-electron chi connectivity index (χ3n) is 5.24. The fourth-order valence-electron chi connectivity index (χ4n) is 3.47. The number of guanidine groups is 1. The lowest BCUT2D eigenvalue weighted by Crippen LogP contribution is -2.55. The SMILES string of the molecule is CN=C(NCC(C)(C)c1cccc(OC)c1)N1CCN(CC(=O)NC(C)C)CC1. The molecule has 1 aromatic carbocycles. The summed E-state index contributed by atoms with van der Waals surface area (Å²) in [7, 11) is 3.52. The Morgan fingerprint density at radius 3 is 2.52 bits per heavy atom. The number of ether oxygens (including phenoxy) is 1. The third-order valence-corrected chi connectivity index (χ3v) is 5.24. The molecule has 7 heteroatoms. The molecule has 0 radical (unpaired) electrons. The second kappa shape index (κ2) is 10.5. The molecule has 162 valence electrons. The number of nitrogens with one attached hydrogen (secondary N) is 2. The molecule has 2 N–H and O–H groups in total. The largest absolute Gasteiger partial charge is 0.497 e. The van der Waals surface area contributed by atoms with Gasteiger partial charge in [-0.15, -0.1) is 0 Å². The maximum absolute atomic E-state index is 12.0. The van der Waals surface area contributed by atoms with E-state index in [4.69, 9.17) is 4.74 Å². The van der Waals surface area contributed by atoms with Gasteiger partial charge in [-0.2, -0.15) is 0 Å². The topological polar surface area (TPSA) is 69.2 Å². The van der Waals surface area contributed by atoms with Gasteiger partial charge in [-0.3, -0.25) is 14.7 Å². The summed E-state index contributed by atoms with van der Waals surface area (Å²) in [6.45, 7) is 13.0. The molecule has 2 rings (SSSR count). The first-order valence-corrected chi connectivity index (χ1v) is 10.4. The number of carbonyl (C=O) groups excluding carboxylic acids is 1. The molecule has 1 amide bonds. The number of rotatable bonds is 7. The van der Waals surface area contributed by atoms with Gasteiger partial charge in [0.1, 0.15) is 5.75 Å². The van der Waals surface area contributed by atoms with Crippen molar-refractivity contribution < 1.29 is 9.53 Å². The van der Waals surface area contributed by atoms with Crippen molar-refractivity contribution in [2.45, 2.75) is 39.2 Å². The highest BCUT2D eigenvalue weighted by Gasteiger charge is 2.25. The molecule has 1 heterocycles. The minimum Gasteiger partial charge on any atom is -0.497 e. The average Bonchev–Trinajstić information content (AvgIpc) is 2.69. The van der Waals surface area contributed by atoms with Gasteiger partial charge >= 0.3 is 0 Å². The van der Waals surface area contributed by atoms with Crippen LogP contribution in [0.4, 0.5) is 0 Å². The van der Waals surface area contributed by atoms with E-state index in [2.05, 4.69) is 51.4 Å². The van der Waals surface area contributed by atoms with E-state index in [1.165, 1.54) is 5.56 Å². The van der Waals surface area contributed by atoms with Crippen LogP contribution in [0.2, 0.25) is 0 Å². The third kappa shape index (κ3) is 6.92. The maximum atomic E-state index is 12.0. The summed E-state index contributed by atoms with van der Waals surface area (Å²) < 4.78 is 5.37. The second-order valence-electron chi connectivity index (χ2n) is 8.50. The fourth-order valence-corrected chi connectivity index (χ4v) is 3.47. The van der Waals surface area contributed by atoms with E-state index in [0.29, 0.717) is 6.54 Å². The molecule has 7 nitrogen and oxygen atoms in total. The Labute approximate surface area is 175 Å². The Kier molecular flexibility index (Phi) is 8.32. The van der Waals surface area contributed by atoms with E-state index in [0.717, 1.165) is 44.4 Å². The highest BCUT2D eigenvalue weighted by molar-refractivity contribution is 5.80. The number of methoxy groups -OCH3 is 1. The van der Waals surface area contributed by atoms with E-state index in [9.17, 15) is 4.79 Å². The number of nitrogens with zero attached hydrogens (tertiary/aromatic N) is 3. The lowest BCUT2D eigenvalue weighted by molar-refractivity contribution is -0.123. The number of aliphatic imine (C=N–C) groups is 1. The monoisotopic (exact) mass is 403 g/mol. The van der Waals surface area contributed by atoms with Gasteiger partial charge in [0.05, 0.1) is 13.7 Å². The molecule has 1 aliphatic rings. The number of piperazine rings is 1. The molecule has 0 spiro atoms. The predicted octanol–water partition coefficient (Wildman–Crippen LogP) is 1.69. The Balaban J connectivity index is 1.87. The zero-order valence-corrected chi connectivity index (χ0v) is 18.8. The van der Waals surface area contributed by atoms with Crippen LogP contribution in [0.15, 0.2) is 29.3 Å². The van der Waals surface area contributed by atoms with Crippen molar-refractivity contribution in [2.75, 3.05) is 53.4 Å². The van der Waals surface area contributed by atoms with Crippen LogP contribution in [0, 0.1) is 0 Å². The molecular weight excluding hydrogens is 366 g/mol. The first kappa shape index (κ1) is 23.0. The van der Waals surface area contributed by atoms with Gasteiger partial charge in [0.15, 0.2) is 5.96 Å². The number of benzene rings is 1. The summed E-state index contributed by atoms with van der Waals surface area (Å²) in [4.78, 5) is 20.9. The number of amides is 1. The Morgan fingerprint density at radius 1 is 1.24 bits per heavy atom. The van der Waals surface area contributed by atoms with Crippen LogP contribution in [0.25, 0.3) is 0 Å². The Bertz CT molecular complexity index is 694. The van der Waals surface area contributed by atoms with Crippen molar-refractivity contribution in [3.63, 3.8) is 0 Å². The van der Waals surface area contributed by atoms with Crippen LogP contribution in [-0.2, 0) is 10.2 Å². The van der Waals surface area contributed by atoms with E-state index >= 15 is 0 Å². The normalized spacial score (nSPS) is 16.1. The molecule has 1 aromatic rings. The van der Waals surface area contributed by atoms with Crippen molar-refractivity contribution in [2.24, 2.45) is 4.99 Å². The van der Waals surface area contributed by atoms with Crippen molar-refractivity contribution in [3.05, 3.63) is 29.8 Å². The van der Waals surface area contributed by atoms with Crippen LogP contribution >= 0.6 is 0 Å². The fraction of sp³-hybridized carbons (Fsp3) is 0.636. The predicted molar refractivity (Wildman–Crippen MR) is 119 cm³/mol. The van der Waals surface area contributed by atoms with Crippen LogP contribution in [-0.4, -0.2) is 81.1 Å². The molecule has 0 aromatic heterocycles. The number of hydrogen-bond donors (Lipinski definition) is 2. The van der Waals surface area contributed by atoms with Crippen molar-refractivity contribution in [3.8, 4) is 5.75 Å². The van der Waals surface area contributed by atoms with Crippen molar-refractivity contribution >= 4 is 11.9 Å². The molecule has 1 saturated heterocycles. The van der Waals surface area contributed by atoms with Gasteiger partial charge in [0.2, 0.25) is 5.91 Å². The van der Waals surface area contributed by atoms with Gasteiger partial charge in [0.25, 0.3) is 0 Å². The minimum atomic E-state index is -0.0682. The summed E-state index contributed by atoms with van der Waals surface area (Å²) in [6.07, 6.45) is 0. The Hall–Kier alpha value is -2.28. The summed E-state index contributed by atoms with van der Waals surface area (Å²) in [6, 6.07) is 8.39. The van der Waals surface area contributed by atoms with Crippen LogP contribution in [0.5, 0.6) is 5.75 Å². The van der Waals surface area contributed by atoms with Crippen LogP contribution in [0.1, 0.15) is 33.3 Å². The highest BCUT2D eigenvalue weighted by Crippen LogP contribution is 2.25. The molecule has 0 atom stereocenters. The molecule has 1 aliphatic heterocycles.